The normalized spacial score (nSPS) is 10.1. The molecule has 0 saturated carbocycles. The van der Waals surface area contributed by atoms with Gasteiger partial charge in [-0.05, 0) is 12.1 Å². The summed E-state index contributed by atoms with van der Waals surface area (Å²) in [5, 5.41) is 7.42. The SMILES string of the molecule is CC(=O)O.NC(=O)c1ccccc1OCC(F)(F)F. The number of halogens is 3. The predicted molar refractivity (Wildman–Crippen MR) is 59.8 cm³/mol. The van der Waals surface area contributed by atoms with Crippen LogP contribution in [0.5, 0.6) is 5.75 Å². The van der Waals surface area contributed by atoms with Crippen molar-refractivity contribution in [3.63, 3.8) is 0 Å². The lowest BCUT2D eigenvalue weighted by Crippen LogP contribution is -2.21. The summed E-state index contributed by atoms with van der Waals surface area (Å²) < 4.78 is 39.9. The van der Waals surface area contributed by atoms with Crippen molar-refractivity contribution in [2.45, 2.75) is 13.1 Å². The van der Waals surface area contributed by atoms with Gasteiger partial charge in [-0.2, -0.15) is 13.2 Å². The number of primary amides is 1. The van der Waals surface area contributed by atoms with Crippen molar-refractivity contribution in [1.29, 1.82) is 0 Å². The molecule has 0 unspecified atom stereocenters. The summed E-state index contributed by atoms with van der Waals surface area (Å²) in [5.41, 5.74) is 4.89. The zero-order valence-electron chi connectivity index (χ0n) is 9.90. The van der Waals surface area contributed by atoms with E-state index in [0.717, 1.165) is 6.92 Å². The van der Waals surface area contributed by atoms with Crippen LogP contribution in [0.15, 0.2) is 24.3 Å². The molecule has 0 spiro atoms. The molecule has 8 heteroatoms. The lowest BCUT2D eigenvalue weighted by molar-refractivity contribution is -0.153. The molecule has 0 aliphatic rings. The van der Waals surface area contributed by atoms with Crippen molar-refractivity contribution in [3.05, 3.63) is 29.8 Å². The summed E-state index contributed by atoms with van der Waals surface area (Å²) in [6, 6.07) is 5.50. The molecule has 19 heavy (non-hydrogen) atoms. The van der Waals surface area contributed by atoms with E-state index in [9.17, 15) is 18.0 Å². The predicted octanol–water partition coefficient (Wildman–Crippen LogP) is 1.82. The lowest BCUT2D eigenvalue weighted by atomic mass is 10.2. The Morgan fingerprint density at radius 3 is 2.21 bits per heavy atom. The van der Waals surface area contributed by atoms with Gasteiger partial charge in [0.1, 0.15) is 5.75 Å². The number of nitrogens with two attached hydrogens (primary N) is 1. The molecule has 0 aromatic heterocycles. The van der Waals surface area contributed by atoms with Crippen LogP contribution in [0.25, 0.3) is 0 Å². The Labute approximate surface area is 106 Å². The minimum Gasteiger partial charge on any atom is -0.483 e. The number of hydrogen-bond acceptors (Lipinski definition) is 3. The van der Waals surface area contributed by atoms with Crippen molar-refractivity contribution in [2.24, 2.45) is 5.73 Å². The number of rotatable bonds is 3. The smallest absolute Gasteiger partial charge is 0.422 e. The maximum Gasteiger partial charge on any atom is 0.422 e. The molecule has 0 saturated heterocycles. The minimum atomic E-state index is -4.44. The molecule has 0 radical (unpaired) electrons. The number of alkyl halides is 3. The molecule has 0 fully saturated rings. The van der Waals surface area contributed by atoms with Gasteiger partial charge in [0.2, 0.25) is 0 Å². The van der Waals surface area contributed by atoms with Gasteiger partial charge >= 0.3 is 6.18 Å². The number of amides is 1. The van der Waals surface area contributed by atoms with Gasteiger partial charge in [-0.25, -0.2) is 0 Å². The monoisotopic (exact) mass is 279 g/mol. The molecule has 3 N–H and O–H groups in total. The van der Waals surface area contributed by atoms with E-state index in [1.165, 1.54) is 24.3 Å². The summed E-state index contributed by atoms with van der Waals surface area (Å²) in [5.74, 6) is -1.82. The van der Waals surface area contributed by atoms with E-state index in [2.05, 4.69) is 4.74 Å². The van der Waals surface area contributed by atoms with Crippen LogP contribution < -0.4 is 10.5 Å². The summed E-state index contributed by atoms with van der Waals surface area (Å²) in [6.45, 7) is -0.364. The van der Waals surface area contributed by atoms with Crippen LogP contribution in [0.3, 0.4) is 0 Å². The number of carbonyl (C=O) groups excluding carboxylic acids is 1. The van der Waals surface area contributed by atoms with Gasteiger partial charge in [-0.3, -0.25) is 9.59 Å². The van der Waals surface area contributed by atoms with Crippen LogP contribution in [-0.4, -0.2) is 29.8 Å². The average Bonchev–Trinajstić information content (AvgIpc) is 2.25. The Balaban J connectivity index is 0.000000711. The third-order valence-electron chi connectivity index (χ3n) is 1.54. The highest BCUT2D eigenvalue weighted by atomic mass is 19.4. The molecule has 0 bridgehead atoms. The zero-order valence-corrected chi connectivity index (χ0v) is 9.90. The second kappa shape index (κ2) is 7.24. The first-order chi connectivity index (χ1) is 8.63. The molecule has 0 heterocycles. The minimum absolute atomic E-state index is 0.0678. The number of carbonyl (C=O) groups is 2. The van der Waals surface area contributed by atoms with Gasteiger partial charge in [-0.15, -0.1) is 0 Å². The molecule has 0 aliphatic carbocycles. The Morgan fingerprint density at radius 1 is 1.32 bits per heavy atom. The quantitative estimate of drug-likeness (QED) is 0.883. The standard InChI is InChI=1S/C9H8F3NO2.C2H4O2/c10-9(11,12)5-15-7-4-2-1-3-6(7)8(13)14;1-2(3)4/h1-4H,5H2,(H2,13,14);1H3,(H,3,4). The van der Waals surface area contributed by atoms with E-state index in [4.69, 9.17) is 15.6 Å². The van der Waals surface area contributed by atoms with Crippen LogP contribution in [0, 0.1) is 0 Å². The summed E-state index contributed by atoms with van der Waals surface area (Å²) in [6.07, 6.45) is -4.44. The van der Waals surface area contributed by atoms with Crippen LogP contribution >= 0.6 is 0 Å². The van der Waals surface area contributed by atoms with Gasteiger partial charge in [-0.1, -0.05) is 12.1 Å². The molecule has 1 aromatic carbocycles. The Morgan fingerprint density at radius 2 is 1.79 bits per heavy atom. The number of benzene rings is 1. The van der Waals surface area contributed by atoms with Gasteiger partial charge < -0.3 is 15.6 Å². The number of carboxylic acid groups (broad SMARTS) is 1. The van der Waals surface area contributed by atoms with Crippen molar-refractivity contribution in [3.8, 4) is 5.75 Å². The number of aliphatic carboxylic acids is 1. The highest BCUT2D eigenvalue weighted by molar-refractivity contribution is 5.95. The van der Waals surface area contributed by atoms with E-state index in [1.807, 2.05) is 0 Å². The maximum absolute atomic E-state index is 11.8. The third kappa shape index (κ3) is 8.47. The average molecular weight is 279 g/mol. The molecule has 1 aromatic rings. The molecule has 1 amide bonds. The third-order valence-corrected chi connectivity index (χ3v) is 1.54. The first-order valence-corrected chi connectivity index (χ1v) is 4.91. The first kappa shape index (κ1) is 16.8. The van der Waals surface area contributed by atoms with Crippen LogP contribution in [-0.2, 0) is 4.79 Å². The van der Waals surface area contributed by atoms with Crippen LogP contribution in [0.1, 0.15) is 17.3 Å². The fraction of sp³-hybridized carbons (Fsp3) is 0.273. The van der Waals surface area contributed by atoms with Gasteiger partial charge in [0.15, 0.2) is 6.61 Å². The molecule has 5 nitrogen and oxygen atoms in total. The maximum atomic E-state index is 11.8. The van der Waals surface area contributed by atoms with Crippen molar-refractivity contribution in [2.75, 3.05) is 6.61 Å². The van der Waals surface area contributed by atoms with E-state index in [1.54, 1.807) is 0 Å². The number of carboxylic acids is 1. The largest absolute Gasteiger partial charge is 0.483 e. The molecule has 1 rings (SSSR count). The van der Waals surface area contributed by atoms with Gasteiger partial charge in [0.05, 0.1) is 5.56 Å². The van der Waals surface area contributed by atoms with Crippen LogP contribution in [0.4, 0.5) is 13.2 Å². The molecular weight excluding hydrogens is 267 g/mol. The van der Waals surface area contributed by atoms with Gasteiger partial charge in [0, 0.05) is 6.92 Å². The Hall–Kier alpha value is -2.25. The van der Waals surface area contributed by atoms with E-state index < -0.39 is 24.7 Å². The van der Waals surface area contributed by atoms with E-state index >= 15 is 0 Å². The molecule has 106 valence electrons. The van der Waals surface area contributed by atoms with Crippen molar-refractivity contribution >= 4 is 11.9 Å². The Kier molecular flexibility index (Phi) is 6.39. The van der Waals surface area contributed by atoms with Crippen molar-refractivity contribution < 1.29 is 32.6 Å². The lowest BCUT2D eigenvalue weighted by Gasteiger charge is -2.11. The molecule has 0 atom stereocenters. The second-order valence-electron chi connectivity index (χ2n) is 3.28. The van der Waals surface area contributed by atoms with Gasteiger partial charge in [0.25, 0.3) is 11.9 Å². The van der Waals surface area contributed by atoms with Crippen LogP contribution in [0.2, 0.25) is 0 Å². The number of para-hydroxylation sites is 1. The highest BCUT2D eigenvalue weighted by Gasteiger charge is 2.29. The summed E-state index contributed by atoms with van der Waals surface area (Å²) in [7, 11) is 0. The van der Waals surface area contributed by atoms with E-state index in [0.29, 0.717) is 0 Å². The molecule has 0 aliphatic heterocycles. The highest BCUT2D eigenvalue weighted by Crippen LogP contribution is 2.21. The number of ether oxygens (including phenoxy) is 1. The topological polar surface area (TPSA) is 89.6 Å². The molecular formula is C11H12F3NO4. The Bertz CT molecular complexity index is 442. The van der Waals surface area contributed by atoms with E-state index in [-0.39, 0.29) is 11.3 Å². The fourth-order valence-corrected chi connectivity index (χ4v) is 0.956. The fourth-order valence-electron chi connectivity index (χ4n) is 0.956. The zero-order chi connectivity index (χ0) is 15.1. The second-order valence-corrected chi connectivity index (χ2v) is 3.28. The number of hydrogen-bond donors (Lipinski definition) is 2. The first-order valence-electron chi connectivity index (χ1n) is 4.91. The summed E-state index contributed by atoms with van der Waals surface area (Å²) >= 11 is 0. The van der Waals surface area contributed by atoms with Crippen molar-refractivity contribution in [1.82, 2.24) is 0 Å². The summed E-state index contributed by atoms with van der Waals surface area (Å²) in [4.78, 5) is 19.8.